The molecule has 6 nitrogen and oxygen atoms in total. The summed E-state index contributed by atoms with van der Waals surface area (Å²) in [6, 6.07) is 3.02. The second-order valence-corrected chi connectivity index (χ2v) is 3.90. The summed E-state index contributed by atoms with van der Waals surface area (Å²) < 4.78 is 5.17. The first-order valence-electron chi connectivity index (χ1n) is 5.67. The number of nitrogens with one attached hydrogen (secondary N) is 2. The van der Waals surface area contributed by atoms with Crippen molar-refractivity contribution in [3.8, 4) is 0 Å². The summed E-state index contributed by atoms with van der Waals surface area (Å²) >= 11 is 5.77. The standard InChI is InChI=1S/C11H17ClN4O2/c1-2-18-5-3-4-14-11(17)8-6-9(12)15-10(7-8)16-13/h6-7H,2-5,13H2,1H3,(H,14,17)(H,15,16). The number of carbonyl (C=O) groups excluding carboxylic acids is 1. The van der Waals surface area contributed by atoms with Crippen LogP contribution >= 0.6 is 11.6 Å². The minimum absolute atomic E-state index is 0.213. The number of pyridine rings is 1. The molecule has 4 N–H and O–H groups in total. The van der Waals surface area contributed by atoms with Crippen LogP contribution in [0.4, 0.5) is 5.82 Å². The summed E-state index contributed by atoms with van der Waals surface area (Å²) in [5.74, 6) is 5.36. The summed E-state index contributed by atoms with van der Waals surface area (Å²) in [6.07, 6.45) is 0.764. The lowest BCUT2D eigenvalue weighted by Gasteiger charge is -2.07. The van der Waals surface area contributed by atoms with E-state index in [1.54, 1.807) is 0 Å². The Bertz CT molecular complexity index is 401. The van der Waals surface area contributed by atoms with Gasteiger partial charge in [-0.2, -0.15) is 0 Å². The highest BCUT2D eigenvalue weighted by molar-refractivity contribution is 6.29. The van der Waals surface area contributed by atoms with Crippen LogP contribution in [0.2, 0.25) is 5.15 Å². The zero-order valence-corrected chi connectivity index (χ0v) is 11.0. The molecule has 0 aliphatic rings. The fourth-order valence-electron chi connectivity index (χ4n) is 1.32. The van der Waals surface area contributed by atoms with Gasteiger partial charge >= 0.3 is 0 Å². The number of ether oxygens (including phenoxy) is 1. The normalized spacial score (nSPS) is 10.2. The number of amides is 1. The molecule has 0 radical (unpaired) electrons. The minimum Gasteiger partial charge on any atom is -0.382 e. The molecule has 0 atom stereocenters. The van der Waals surface area contributed by atoms with Gasteiger partial charge in [0.15, 0.2) is 0 Å². The van der Waals surface area contributed by atoms with Gasteiger partial charge in [0.25, 0.3) is 5.91 Å². The lowest BCUT2D eigenvalue weighted by atomic mass is 10.2. The number of carbonyl (C=O) groups is 1. The Hall–Kier alpha value is -1.37. The first-order chi connectivity index (χ1) is 8.67. The van der Waals surface area contributed by atoms with E-state index in [-0.39, 0.29) is 11.1 Å². The molecule has 100 valence electrons. The number of nitrogen functional groups attached to an aromatic ring is 1. The van der Waals surface area contributed by atoms with Crippen molar-refractivity contribution in [3.63, 3.8) is 0 Å². The second kappa shape index (κ2) is 7.86. The smallest absolute Gasteiger partial charge is 0.251 e. The van der Waals surface area contributed by atoms with Crippen LogP contribution in [0, 0.1) is 0 Å². The Labute approximate surface area is 111 Å². The summed E-state index contributed by atoms with van der Waals surface area (Å²) in [4.78, 5) is 15.7. The molecule has 0 saturated carbocycles. The molecule has 1 rings (SSSR count). The van der Waals surface area contributed by atoms with E-state index in [1.165, 1.54) is 12.1 Å². The number of hydrogen-bond acceptors (Lipinski definition) is 5. The molecule has 1 amide bonds. The third kappa shape index (κ3) is 4.87. The van der Waals surface area contributed by atoms with Crippen molar-refractivity contribution in [2.24, 2.45) is 5.84 Å². The van der Waals surface area contributed by atoms with E-state index >= 15 is 0 Å². The molecule has 0 bridgehead atoms. The number of hydrazine groups is 1. The molecular formula is C11H17ClN4O2. The SMILES string of the molecule is CCOCCCNC(=O)c1cc(Cl)nc(NN)c1. The monoisotopic (exact) mass is 272 g/mol. The van der Waals surface area contributed by atoms with E-state index in [2.05, 4.69) is 15.7 Å². The van der Waals surface area contributed by atoms with Crippen LogP contribution in [0.25, 0.3) is 0 Å². The molecule has 0 fully saturated rings. The van der Waals surface area contributed by atoms with E-state index in [9.17, 15) is 4.79 Å². The zero-order chi connectivity index (χ0) is 13.4. The second-order valence-electron chi connectivity index (χ2n) is 3.51. The summed E-state index contributed by atoms with van der Waals surface area (Å²) in [5.41, 5.74) is 2.77. The number of aromatic nitrogens is 1. The molecule has 0 aromatic carbocycles. The quantitative estimate of drug-likeness (QED) is 0.300. The third-order valence-corrected chi connectivity index (χ3v) is 2.35. The van der Waals surface area contributed by atoms with E-state index in [4.69, 9.17) is 22.2 Å². The first-order valence-corrected chi connectivity index (χ1v) is 6.05. The number of rotatable bonds is 7. The van der Waals surface area contributed by atoms with Crippen LogP contribution in [-0.4, -0.2) is 30.6 Å². The summed E-state index contributed by atoms with van der Waals surface area (Å²) in [7, 11) is 0. The van der Waals surface area contributed by atoms with Crippen molar-refractivity contribution < 1.29 is 9.53 Å². The van der Waals surface area contributed by atoms with Crippen molar-refractivity contribution in [2.75, 3.05) is 25.2 Å². The highest BCUT2D eigenvalue weighted by Crippen LogP contribution is 2.13. The summed E-state index contributed by atoms with van der Waals surface area (Å²) in [6.45, 7) is 3.78. The van der Waals surface area contributed by atoms with Gasteiger partial charge in [0, 0.05) is 25.3 Å². The number of halogens is 1. The number of nitrogens with zero attached hydrogens (tertiary/aromatic N) is 1. The molecule has 1 aromatic rings. The predicted molar refractivity (Wildman–Crippen MR) is 70.5 cm³/mol. The highest BCUT2D eigenvalue weighted by atomic mass is 35.5. The van der Waals surface area contributed by atoms with Crippen LogP contribution in [-0.2, 0) is 4.74 Å². The van der Waals surface area contributed by atoms with E-state index in [0.717, 1.165) is 6.42 Å². The Balaban J connectivity index is 2.48. The van der Waals surface area contributed by atoms with Gasteiger partial charge < -0.3 is 15.5 Å². The van der Waals surface area contributed by atoms with E-state index in [1.807, 2.05) is 6.92 Å². The maximum Gasteiger partial charge on any atom is 0.251 e. The van der Waals surface area contributed by atoms with Gasteiger partial charge in [0.1, 0.15) is 11.0 Å². The van der Waals surface area contributed by atoms with Crippen LogP contribution < -0.4 is 16.6 Å². The molecule has 0 spiro atoms. The van der Waals surface area contributed by atoms with Gasteiger partial charge in [0.05, 0.1) is 0 Å². The van der Waals surface area contributed by atoms with Gasteiger partial charge in [-0.05, 0) is 25.5 Å². The van der Waals surface area contributed by atoms with Crippen molar-refractivity contribution in [3.05, 3.63) is 22.8 Å². The van der Waals surface area contributed by atoms with Gasteiger partial charge in [-0.15, -0.1) is 0 Å². The van der Waals surface area contributed by atoms with Crippen LogP contribution in [0.3, 0.4) is 0 Å². The fourth-order valence-corrected chi connectivity index (χ4v) is 1.53. The predicted octanol–water partition coefficient (Wildman–Crippen LogP) is 1.18. The van der Waals surface area contributed by atoms with Crippen molar-refractivity contribution >= 4 is 23.3 Å². The topological polar surface area (TPSA) is 89.3 Å². The Morgan fingerprint density at radius 1 is 1.56 bits per heavy atom. The first kappa shape index (κ1) is 14.7. The lowest BCUT2D eigenvalue weighted by Crippen LogP contribution is -2.25. The Morgan fingerprint density at radius 3 is 3.00 bits per heavy atom. The van der Waals surface area contributed by atoms with Crippen LogP contribution in [0.15, 0.2) is 12.1 Å². The molecule has 18 heavy (non-hydrogen) atoms. The summed E-state index contributed by atoms with van der Waals surface area (Å²) in [5, 5.41) is 2.98. The molecule has 0 unspecified atom stereocenters. The maximum atomic E-state index is 11.8. The lowest BCUT2D eigenvalue weighted by molar-refractivity contribution is 0.0944. The van der Waals surface area contributed by atoms with Crippen molar-refractivity contribution in [1.29, 1.82) is 0 Å². The Morgan fingerprint density at radius 2 is 2.33 bits per heavy atom. The van der Waals surface area contributed by atoms with E-state index < -0.39 is 0 Å². The van der Waals surface area contributed by atoms with Gasteiger partial charge in [0.2, 0.25) is 0 Å². The molecular weight excluding hydrogens is 256 g/mol. The van der Waals surface area contributed by atoms with Crippen molar-refractivity contribution in [1.82, 2.24) is 10.3 Å². The molecule has 0 aliphatic carbocycles. The third-order valence-electron chi connectivity index (χ3n) is 2.16. The zero-order valence-electron chi connectivity index (χ0n) is 10.2. The molecule has 1 heterocycles. The number of anilines is 1. The average Bonchev–Trinajstić information content (AvgIpc) is 2.37. The number of nitrogens with two attached hydrogens (primary N) is 1. The fraction of sp³-hybridized carbons (Fsp3) is 0.455. The van der Waals surface area contributed by atoms with Gasteiger partial charge in [-0.25, -0.2) is 10.8 Å². The molecule has 0 aliphatic heterocycles. The minimum atomic E-state index is -0.215. The molecule has 7 heteroatoms. The molecule has 1 aromatic heterocycles. The van der Waals surface area contributed by atoms with Gasteiger partial charge in [-0.3, -0.25) is 4.79 Å². The van der Waals surface area contributed by atoms with Gasteiger partial charge in [-0.1, -0.05) is 11.6 Å². The maximum absolute atomic E-state index is 11.8. The van der Waals surface area contributed by atoms with Crippen LogP contribution in [0.1, 0.15) is 23.7 Å². The van der Waals surface area contributed by atoms with Crippen molar-refractivity contribution in [2.45, 2.75) is 13.3 Å². The Kier molecular flexibility index (Phi) is 6.42. The molecule has 0 saturated heterocycles. The largest absolute Gasteiger partial charge is 0.382 e. The highest BCUT2D eigenvalue weighted by Gasteiger charge is 2.08. The van der Waals surface area contributed by atoms with E-state index in [0.29, 0.717) is 31.1 Å². The van der Waals surface area contributed by atoms with Crippen LogP contribution in [0.5, 0.6) is 0 Å². The number of hydrogen-bond donors (Lipinski definition) is 3. The average molecular weight is 273 g/mol.